The van der Waals surface area contributed by atoms with E-state index in [-0.39, 0.29) is 0 Å². The van der Waals surface area contributed by atoms with E-state index in [1.165, 1.54) is 49.7 Å². The highest BCUT2D eigenvalue weighted by Crippen LogP contribution is 2.29. The number of aryl methyl sites for hydroxylation is 1. The van der Waals surface area contributed by atoms with Crippen LogP contribution < -0.4 is 0 Å². The minimum absolute atomic E-state index is 0.699. The van der Waals surface area contributed by atoms with Crippen LogP contribution >= 0.6 is 15.9 Å². The minimum atomic E-state index is 0.699. The highest BCUT2D eigenvalue weighted by atomic mass is 79.9. The summed E-state index contributed by atoms with van der Waals surface area (Å²) in [4.78, 5) is 0. The van der Waals surface area contributed by atoms with Gasteiger partial charge in [0.25, 0.3) is 0 Å². The minimum Gasteiger partial charge on any atom is -0.239 e. The highest BCUT2D eigenvalue weighted by molar-refractivity contribution is 9.09. The lowest BCUT2D eigenvalue weighted by Crippen LogP contribution is -1.89. The summed E-state index contributed by atoms with van der Waals surface area (Å²) in [5.74, 6) is 0.699. The Balaban J connectivity index is 1.57. The van der Waals surface area contributed by atoms with Gasteiger partial charge in [0.05, 0.1) is 0 Å². The number of rotatable bonds is 10. The van der Waals surface area contributed by atoms with Gasteiger partial charge in [-0.1, -0.05) is 90.1 Å². The molecule has 0 spiro atoms. The maximum atomic E-state index is 4.05. The summed E-state index contributed by atoms with van der Waals surface area (Å²) >= 11 is 3.49. The van der Waals surface area contributed by atoms with E-state index >= 15 is 0 Å². The smallest absolute Gasteiger partial charge is 0.180 e. The molecule has 0 fully saturated rings. The first-order valence-electron chi connectivity index (χ1n) is 9.37. The van der Waals surface area contributed by atoms with Gasteiger partial charge in [0.2, 0.25) is 0 Å². The number of tetrazole rings is 1. The van der Waals surface area contributed by atoms with E-state index < -0.39 is 0 Å². The van der Waals surface area contributed by atoms with Crippen molar-refractivity contribution in [2.24, 2.45) is 0 Å². The molecule has 26 heavy (non-hydrogen) atoms. The van der Waals surface area contributed by atoms with E-state index in [1.54, 1.807) is 0 Å². The molecular weight excluding hydrogens is 388 g/mol. The van der Waals surface area contributed by atoms with Gasteiger partial charge in [0.1, 0.15) is 0 Å². The van der Waals surface area contributed by atoms with Crippen molar-refractivity contribution in [3.8, 4) is 22.5 Å². The van der Waals surface area contributed by atoms with Crippen molar-refractivity contribution in [1.29, 1.82) is 0 Å². The number of halogens is 1. The van der Waals surface area contributed by atoms with Gasteiger partial charge in [0.15, 0.2) is 5.82 Å². The molecule has 0 radical (unpaired) electrons. The number of hydrogen-bond acceptors (Lipinski definition) is 3. The SMILES string of the molecule is BrCCCCCCCCc1ccc(-c2ccccc2-c2nnn[nH]2)cc1. The molecule has 0 atom stereocenters. The van der Waals surface area contributed by atoms with E-state index in [9.17, 15) is 0 Å². The highest BCUT2D eigenvalue weighted by Gasteiger charge is 2.09. The first-order valence-corrected chi connectivity index (χ1v) is 10.5. The predicted molar refractivity (Wildman–Crippen MR) is 110 cm³/mol. The van der Waals surface area contributed by atoms with E-state index in [0.29, 0.717) is 5.82 Å². The second-order valence-corrected chi connectivity index (χ2v) is 7.35. The Morgan fingerprint density at radius 2 is 1.46 bits per heavy atom. The standard InChI is InChI=1S/C21H25BrN4/c22-16-8-4-2-1-3-5-9-17-12-14-18(15-13-17)19-10-6-7-11-20(19)21-23-25-26-24-21/h6-7,10-15H,1-5,8-9,16H2,(H,23,24,25,26). The van der Waals surface area contributed by atoms with E-state index in [1.807, 2.05) is 18.2 Å². The van der Waals surface area contributed by atoms with Crippen molar-refractivity contribution >= 4 is 15.9 Å². The molecule has 0 unspecified atom stereocenters. The summed E-state index contributed by atoms with van der Waals surface area (Å²) in [5, 5.41) is 15.4. The summed E-state index contributed by atoms with van der Waals surface area (Å²) < 4.78 is 0. The van der Waals surface area contributed by atoms with E-state index in [4.69, 9.17) is 0 Å². The Kier molecular flexibility index (Phi) is 7.37. The fraction of sp³-hybridized carbons (Fsp3) is 0.381. The maximum absolute atomic E-state index is 4.05. The number of benzene rings is 2. The first-order chi connectivity index (χ1) is 12.9. The molecule has 1 heterocycles. The van der Waals surface area contributed by atoms with Gasteiger partial charge in [-0.15, -0.1) is 5.10 Å². The molecule has 5 heteroatoms. The molecule has 0 aliphatic carbocycles. The Morgan fingerprint density at radius 1 is 0.769 bits per heavy atom. The molecule has 0 bridgehead atoms. The van der Waals surface area contributed by atoms with Gasteiger partial charge in [-0.05, 0) is 46.4 Å². The summed E-state index contributed by atoms with van der Waals surface area (Å²) in [6, 6.07) is 17.1. The van der Waals surface area contributed by atoms with Crippen molar-refractivity contribution in [2.45, 2.75) is 44.9 Å². The quantitative estimate of drug-likeness (QED) is 0.337. The van der Waals surface area contributed by atoms with Crippen LogP contribution in [0.2, 0.25) is 0 Å². The van der Waals surface area contributed by atoms with Crippen molar-refractivity contribution in [3.05, 3.63) is 54.1 Å². The largest absolute Gasteiger partial charge is 0.239 e. The molecule has 0 aliphatic rings. The Hall–Kier alpha value is -2.01. The average molecular weight is 413 g/mol. The van der Waals surface area contributed by atoms with Crippen molar-refractivity contribution in [2.75, 3.05) is 5.33 Å². The van der Waals surface area contributed by atoms with Crippen LogP contribution in [0.25, 0.3) is 22.5 Å². The van der Waals surface area contributed by atoms with Gasteiger partial charge in [0, 0.05) is 10.9 Å². The zero-order valence-corrected chi connectivity index (χ0v) is 16.6. The molecular formula is C21H25BrN4. The lowest BCUT2D eigenvalue weighted by Gasteiger charge is -2.08. The zero-order valence-electron chi connectivity index (χ0n) is 15.0. The van der Waals surface area contributed by atoms with Gasteiger partial charge >= 0.3 is 0 Å². The number of hydrogen-bond donors (Lipinski definition) is 1. The zero-order chi connectivity index (χ0) is 18.0. The number of nitrogens with zero attached hydrogens (tertiary/aromatic N) is 3. The molecule has 136 valence electrons. The number of aromatic amines is 1. The van der Waals surface area contributed by atoms with Crippen molar-refractivity contribution in [1.82, 2.24) is 20.6 Å². The molecule has 2 aromatic carbocycles. The number of unbranched alkanes of at least 4 members (excludes halogenated alkanes) is 5. The van der Waals surface area contributed by atoms with Crippen LogP contribution in [0, 0.1) is 0 Å². The van der Waals surface area contributed by atoms with Crippen LogP contribution in [-0.2, 0) is 6.42 Å². The third-order valence-electron chi connectivity index (χ3n) is 4.64. The summed E-state index contributed by atoms with van der Waals surface area (Å²) in [7, 11) is 0. The van der Waals surface area contributed by atoms with Gasteiger partial charge in [-0.2, -0.15) is 0 Å². The van der Waals surface area contributed by atoms with Gasteiger partial charge in [-0.3, -0.25) is 0 Å². The number of H-pyrrole nitrogens is 1. The molecule has 0 aliphatic heterocycles. The normalized spacial score (nSPS) is 11.0. The van der Waals surface area contributed by atoms with Crippen LogP contribution in [0.4, 0.5) is 0 Å². The predicted octanol–water partition coefficient (Wildman–Crippen LogP) is 5.81. The molecule has 3 rings (SSSR count). The molecule has 1 aromatic heterocycles. The first kappa shape index (κ1) is 18.8. The summed E-state index contributed by atoms with van der Waals surface area (Å²) in [6.07, 6.45) is 9.11. The number of aromatic nitrogens is 4. The second kappa shape index (κ2) is 10.2. The van der Waals surface area contributed by atoms with Crippen LogP contribution in [0.3, 0.4) is 0 Å². The average Bonchev–Trinajstić information content (AvgIpc) is 3.22. The maximum Gasteiger partial charge on any atom is 0.180 e. The van der Waals surface area contributed by atoms with E-state index in [2.05, 4.69) is 66.9 Å². The molecule has 3 aromatic rings. The van der Waals surface area contributed by atoms with Gasteiger partial charge < -0.3 is 0 Å². The molecule has 4 nitrogen and oxygen atoms in total. The third kappa shape index (κ3) is 5.24. The molecule has 0 amide bonds. The van der Waals surface area contributed by atoms with E-state index in [0.717, 1.165) is 22.9 Å². The topological polar surface area (TPSA) is 54.5 Å². The Labute approximate surface area is 163 Å². The van der Waals surface area contributed by atoms with Crippen LogP contribution in [0.5, 0.6) is 0 Å². The van der Waals surface area contributed by atoms with Crippen molar-refractivity contribution < 1.29 is 0 Å². The second-order valence-electron chi connectivity index (χ2n) is 6.55. The number of nitrogens with one attached hydrogen (secondary N) is 1. The lowest BCUT2D eigenvalue weighted by atomic mass is 9.97. The number of alkyl halides is 1. The Morgan fingerprint density at radius 3 is 2.15 bits per heavy atom. The monoisotopic (exact) mass is 412 g/mol. The molecule has 0 saturated carbocycles. The fourth-order valence-electron chi connectivity index (χ4n) is 3.20. The fourth-order valence-corrected chi connectivity index (χ4v) is 3.59. The Bertz CT molecular complexity index is 769. The van der Waals surface area contributed by atoms with Crippen LogP contribution in [-0.4, -0.2) is 26.0 Å². The van der Waals surface area contributed by atoms with Crippen LogP contribution in [0.15, 0.2) is 48.5 Å². The molecule has 1 N–H and O–H groups in total. The lowest BCUT2D eigenvalue weighted by molar-refractivity contribution is 0.610. The van der Waals surface area contributed by atoms with Gasteiger partial charge in [-0.25, -0.2) is 5.10 Å². The van der Waals surface area contributed by atoms with Crippen molar-refractivity contribution in [3.63, 3.8) is 0 Å². The van der Waals surface area contributed by atoms with Crippen LogP contribution in [0.1, 0.15) is 44.1 Å². The summed E-state index contributed by atoms with van der Waals surface area (Å²) in [6.45, 7) is 0. The molecule has 0 saturated heterocycles. The third-order valence-corrected chi connectivity index (χ3v) is 5.20. The summed E-state index contributed by atoms with van der Waals surface area (Å²) in [5.41, 5.74) is 4.77.